The molecule has 4 aromatic heterocycles. The van der Waals surface area contributed by atoms with Crippen molar-refractivity contribution in [3.05, 3.63) is 151 Å². The van der Waals surface area contributed by atoms with Gasteiger partial charge in [0.05, 0.1) is 45.6 Å². The monoisotopic (exact) mass is 616 g/mol. The minimum atomic E-state index is 0.652. The zero-order chi connectivity index (χ0) is 31.1. The van der Waals surface area contributed by atoms with Crippen molar-refractivity contribution >= 4 is 75.1 Å². The van der Waals surface area contributed by atoms with Gasteiger partial charge in [-0.05, 0) is 71.8 Å². The third-order valence-electron chi connectivity index (χ3n) is 9.41. The van der Waals surface area contributed by atoms with Crippen LogP contribution in [0.1, 0.15) is 5.56 Å². The molecule has 0 amide bonds. The fourth-order valence-electron chi connectivity index (χ4n) is 7.33. The second-order valence-corrected chi connectivity index (χ2v) is 13.0. The minimum absolute atomic E-state index is 0.652. The van der Waals surface area contributed by atoms with E-state index in [0.717, 1.165) is 44.3 Å². The van der Waals surface area contributed by atoms with Crippen molar-refractivity contribution in [2.45, 2.75) is 0 Å². The molecule has 218 valence electrons. The number of para-hydroxylation sites is 2. The van der Waals surface area contributed by atoms with E-state index >= 15 is 0 Å². The van der Waals surface area contributed by atoms with Gasteiger partial charge in [0.1, 0.15) is 5.82 Å². The Morgan fingerprint density at radius 3 is 1.98 bits per heavy atom. The first kappa shape index (κ1) is 26.0. The third-order valence-corrected chi connectivity index (χ3v) is 10.6. The number of benzene rings is 6. The summed E-state index contributed by atoms with van der Waals surface area (Å²) in [5.41, 5.74) is 8.53. The number of thiophene rings is 1. The van der Waals surface area contributed by atoms with E-state index in [1.807, 2.05) is 47.9 Å². The summed E-state index contributed by atoms with van der Waals surface area (Å²) in [6.45, 7) is 0. The number of fused-ring (bicyclic) bond motifs is 9. The lowest BCUT2D eigenvalue weighted by Gasteiger charge is -2.11. The van der Waals surface area contributed by atoms with Crippen LogP contribution in [0, 0.1) is 11.3 Å². The number of rotatable bonds is 3. The Hall–Kier alpha value is -6.22. The molecule has 4 nitrogen and oxygen atoms in total. The summed E-state index contributed by atoms with van der Waals surface area (Å²) in [5.74, 6) is 0.837. The van der Waals surface area contributed by atoms with Crippen LogP contribution in [0.25, 0.3) is 86.4 Å². The van der Waals surface area contributed by atoms with Crippen molar-refractivity contribution in [2.75, 3.05) is 0 Å². The zero-order valence-corrected chi connectivity index (χ0v) is 25.9. The maximum absolute atomic E-state index is 9.54. The molecule has 0 radical (unpaired) electrons. The van der Waals surface area contributed by atoms with Gasteiger partial charge in [-0.2, -0.15) is 5.26 Å². The SMILES string of the molecule is N#Cc1ccc2c(c1)c1ccccc1n2-c1ccc(-n2c3ccccc3c3cc(-c4cccc5c4sc4ccccc45)ccc32)cn1. The summed E-state index contributed by atoms with van der Waals surface area (Å²) in [4.78, 5) is 5.03. The van der Waals surface area contributed by atoms with Crippen LogP contribution in [0.5, 0.6) is 0 Å². The Bertz CT molecular complexity index is 2920. The first-order valence-electron chi connectivity index (χ1n) is 15.6. The third kappa shape index (κ3) is 3.77. The van der Waals surface area contributed by atoms with Gasteiger partial charge in [-0.25, -0.2) is 4.98 Å². The van der Waals surface area contributed by atoms with Crippen LogP contribution < -0.4 is 0 Å². The van der Waals surface area contributed by atoms with Gasteiger partial charge in [0.2, 0.25) is 0 Å². The van der Waals surface area contributed by atoms with Gasteiger partial charge in [-0.15, -0.1) is 11.3 Å². The number of aromatic nitrogens is 3. The molecule has 10 rings (SSSR count). The quantitative estimate of drug-likeness (QED) is 0.198. The molecule has 0 aliphatic carbocycles. The standard InChI is InChI=1S/C42H24N4S/c43-24-26-16-19-39-34(22-26)30-8-2-5-14-37(30)46(39)41-21-18-28(25-44-41)45-36-13-4-1-9-31(36)35-23-27(17-20-38(35)45)29-11-7-12-33-32-10-3-6-15-40(32)47-42(29)33/h1-23,25H. The average Bonchev–Trinajstić information content (AvgIpc) is 3.79. The van der Waals surface area contributed by atoms with Gasteiger partial charge in [-0.3, -0.25) is 4.57 Å². The van der Waals surface area contributed by atoms with Crippen molar-refractivity contribution < 1.29 is 0 Å². The minimum Gasteiger partial charge on any atom is -0.308 e. The Kier molecular flexibility index (Phi) is 5.48. The van der Waals surface area contributed by atoms with Gasteiger partial charge < -0.3 is 4.57 Å². The lowest BCUT2D eigenvalue weighted by atomic mass is 10.0. The van der Waals surface area contributed by atoms with Gasteiger partial charge in [-0.1, -0.05) is 78.9 Å². The summed E-state index contributed by atoms with van der Waals surface area (Å²) >= 11 is 1.87. The molecule has 5 heteroatoms. The summed E-state index contributed by atoms with van der Waals surface area (Å²) in [6.07, 6.45) is 1.97. The highest BCUT2D eigenvalue weighted by molar-refractivity contribution is 7.26. The normalized spacial score (nSPS) is 11.8. The summed E-state index contributed by atoms with van der Waals surface area (Å²) in [5, 5.41) is 16.8. The topological polar surface area (TPSA) is 46.5 Å². The van der Waals surface area contributed by atoms with Crippen LogP contribution >= 0.6 is 11.3 Å². The molecular formula is C42H24N4S. The lowest BCUT2D eigenvalue weighted by molar-refractivity contribution is 1.05. The van der Waals surface area contributed by atoms with E-state index in [1.54, 1.807) is 0 Å². The molecule has 6 aromatic carbocycles. The first-order chi connectivity index (χ1) is 23.3. The maximum Gasteiger partial charge on any atom is 0.137 e. The van der Waals surface area contributed by atoms with Crippen LogP contribution in [0.3, 0.4) is 0 Å². The molecule has 0 N–H and O–H groups in total. The van der Waals surface area contributed by atoms with E-state index < -0.39 is 0 Å². The zero-order valence-electron chi connectivity index (χ0n) is 25.1. The van der Waals surface area contributed by atoms with Crippen molar-refractivity contribution in [1.82, 2.24) is 14.1 Å². The molecule has 0 aliphatic rings. The van der Waals surface area contributed by atoms with Gasteiger partial charge in [0.15, 0.2) is 0 Å². The smallest absolute Gasteiger partial charge is 0.137 e. The number of nitriles is 1. The molecule has 4 heterocycles. The number of pyridine rings is 1. The predicted octanol–water partition coefficient (Wildman–Crippen LogP) is 11.2. The Morgan fingerprint density at radius 1 is 0.532 bits per heavy atom. The number of hydrogen-bond acceptors (Lipinski definition) is 3. The van der Waals surface area contributed by atoms with Gasteiger partial charge in [0, 0.05) is 41.7 Å². The highest BCUT2D eigenvalue weighted by atomic mass is 32.1. The molecule has 0 aliphatic heterocycles. The van der Waals surface area contributed by atoms with Crippen LogP contribution in [0.4, 0.5) is 0 Å². The van der Waals surface area contributed by atoms with E-state index in [4.69, 9.17) is 4.98 Å². The second kappa shape index (κ2) is 9.89. The fraction of sp³-hybridized carbons (Fsp3) is 0. The predicted molar refractivity (Wildman–Crippen MR) is 196 cm³/mol. The van der Waals surface area contributed by atoms with Crippen LogP contribution in [0.15, 0.2) is 146 Å². The Labute approximate surface area is 273 Å². The highest BCUT2D eigenvalue weighted by Crippen LogP contribution is 2.42. The van der Waals surface area contributed by atoms with E-state index in [-0.39, 0.29) is 0 Å². The summed E-state index contributed by atoms with van der Waals surface area (Å²) < 4.78 is 7.14. The average molecular weight is 617 g/mol. The largest absolute Gasteiger partial charge is 0.308 e. The van der Waals surface area contributed by atoms with E-state index in [1.165, 1.54) is 42.1 Å². The van der Waals surface area contributed by atoms with Crippen molar-refractivity contribution in [2.24, 2.45) is 0 Å². The molecule has 0 bridgehead atoms. The fourth-order valence-corrected chi connectivity index (χ4v) is 8.56. The maximum atomic E-state index is 9.54. The first-order valence-corrected chi connectivity index (χ1v) is 16.4. The molecule has 0 spiro atoms. The van der Waals surface area contributed by atoms with E-state index in [9.17, 15) is 5.26 Å². The molecule has 0 atom stereocenters. The number of nitrogens with zero attached hydrogens (tertiary/aromatic N) is 4. The lowest BCUT2D eigenvalue weighted by Crippen LogP contribution is -2.00. The molecule has 10 aromatic rings. The van der Waals surface area contributed by atoms with E-state index in [0.29, 0.717) is 5.56 Å². The Balaban J connectivity index is 1.14. The number of hydrogen-bond donors (Lipinski definition) is 0. The van der Waals surface area contributed by atoms with Crippen molar-refractivity contribution in [3.63, 3.8) is 0 Å². The molecule has 47 heavy (non-hydrogen) atoms. The molecule has 0 fully saturated rings. The van der Waals surface area contributed by atoms with Crippen LogP contribution in [0.2, 0.25) is 0 Å². The van der Waals surface area contributed by atoms with Gasteiger partial charge >= 0.3 is 0 Å². The second-order valence-electron chi connectivity index (χ2n) is 11.9. The molecule has 0 unspecified atom stereocenters. The molecule has 0 saturated carbocycles. The Morgan fingerprint density at radius 2 is 1.19 bits per heavy atom. The van der Waals surface area contributed by atoms with Gasteiger partial charge in [0.25, 0.3) is 0 Å². The molecule has 0 saturated heterocycles. The highest BCUT2D eigenvalue weighted by Gasteiger charge is 2.17. The summed E-state index contributed by atoms with van der Waals surface area (Å²) in [7, 11) is 0. The summed E-state index contributed by atoms with van der Waals surface area (Å²) in [6, 6.07) is 51.5. The van der Waals surface area contributed by atoms with Crippen molar-refractivity contribution in [3.8, 4) is 28.7 Å². The van der Waals surface area contributed by atoms with E-state index in [2.05, 4.69) is 124 Å². The van der Waals surface area contributed by atoms with Crippen LogP contribution in [-0.4, -0.2) is 14.1 Å². The van der Waals surface area contributed by atoms with Crippen LogP contribution in [-0.2, 0) is 0 Å². The van der Waals surface area contributed by atoms with Crippen molar-refractivity contribution in [1.29, 1.82) is 5.26 Å². The molecular weight excluding hydrogens is 593 g/mol.